The monoisotopic (exact) mass is 445 g/mol. The van der Waals surface area contributed by atoms with E-state index in [-0.39, 0.29) is 11.8 Å². The van der Waals surface area contributed by atoms with Crippen LogP contribution in [0.5, 0.6) is 0 Å². The Bertz CT molecular complexity index is 1240. The quantitative estimate of drug-likeness (QED) is 0.468. The second-order valence-corrected chi connectivity index (χ2v) is 8.65. The molecule has 1 amide bonds. The molecule has 0 spiro atoms. The van der Waals surface area contributed by atoms with Crippen LogP contribution in [0.4, 0.5) is 11.5 Å². The third kappa shape index (κ3) is 4.18. The van der Waals surface area contributed by atoms with Crippen LogP contribution in [0.3, 0.4) is 0 Å². The summed E-state index contributed by atoms with van der Waals surface area (Å²) in [6, 6.07) is 15.7. The molecular formula is C25H24ClN5O. The van der Waals surface area contributed by atoms with Gasteiger partial charge in [0.2, 0.25) is 5.91 Å². The lowest BCUT2D eigenvalue weighted by Crippen LogP contribution is -2.38. The second-order valence-electron chi connectivity index (χ2n) is 8.21. The highest BCUT2D eigenvalue weighted by atomic mass is 35.5. The molecule has 1 aromatic carbocycles. The van der Waals surface area contributed by atoms with Crippen LogP contribution in [-0.4, -0.2) is 33.4 Å². The zero-order valence-corrected chi connectivity index (χ0v) is 18.6. The van der Waals surface area contributed by atoms with Gasteiger partial charge in [-0.05, 0) is 55.7 Å². The normalized spacial score (nSPS) is 14.6. The number of nitrogens with zero attached hydrogens (tertiary/aromatic N) is 4. The number of fused-ring (bicyclic) bond motifs is 1. The van der Waals surface area contributed by atoms with Crippen LogP contribution in [0.15, 0.2) is 67.1 Å². The molecule has 1 N–H and O–H groups in total. The Kier molecular flexibility index (Phi) is 5.53. The van der Waals surface area contributed by atoms with Crippen molar-refractivity contribution in [3.8, 4) is 11.3 Å². The first-order chi connectivity index (χ1) is 15.6. The molecule has 6 nitrogen and oxygen atoms in total. The van der Waals surface area contributed by atoms with Crippen LogP contribution in [0.1, 0.15) is 18.4 Å². The van der Waals surface area contributed by atoms with Gasteiger partial charge in [-0.2, -0.15) is 0 Å². The number of piperidine rings is 1. The molecule has 4 aromatic rings. The lowest BCUT2D eigenvalue weighted by molar-refractivity contribution is -0.120. The topological polar surface area (TPSA) is 62.5 Å². The number of aryl methyl sites for hydroxylation is 1. The number of carbonyl (C=O) groups is 1. The number of halogens is 1. The Morgan fingerprint density at radius 2 is 1.88 bits per heavy atom. The Labute approximate surface area is 191 Å². The maximum absolute atomic E-state index is 12.8. The summed E-state index contributed by atoms with van der Waals surface area (Å²) >= 11 is 5.92. The largest absolute Gasteiger partial charge is 0.357 e. The number of hydrogen-bond donors (Lipinski definition) is 1. The van der Waals surface area contributed by atoms with E-state index in [4.69, 9.17) is 16.6 Å². The Balaban J connectivity index is 1.20. The zero-order chi connectivity index (χ0) is 22.1. The van der Waals surface area contributed by atoms with Gasteiger partial charge in [0.1, 0.15) is 11.5 Å². The molecule has 162 valence electrons. The predicted octanol–water partition coefficient (Wildman–Crippen LogP) is 5.21. The molecule has 1 aliphatic heterocycles. The lowest BCUT2D eigenvalue weighted by atomic mass is 9.95. The number of anilines is 2. The van der Waals surface area contributed by atoms with Crippen molar-refractivity contribution in [2.24, 2.45) is 5.92 Å². The molecule has 32 heavy (non-hydrogen) atoms. The Morgan fingerprint density at radius 3 is 2.56 bits per heavy atom. The van der Waals surface area contributed by atoms with Crippen molar-refractivity contribution in [3.05, 3.63) is 77.7 Å². The smallest absolute Gasteiger partial charge is 0.227 e. The van der Waals surface area contributed by atoms with Crippen LogP contribution in [-0.2, 0) is 4.79 Å². The van der Waals surface area contributed by atoms with Crippen molar-refractivity contribution in [2.75, 3.05) is 23.3 Å². The van der Waals surface area contributed by atoms with Gasteiger partial charge in [-0.15, -0.1) is 0 Å². The summed E-state index contributed by atoms with van der Waals surface area (Å²) in [7, 11) is 0. The first-order valence-corrected chi connectivity index (χ1v) is 11.2. The van der Waals surface area contributed by atoms with Gasteiger partial charge in [0.05, 0.1) is 10.7 Å². The average Bonchev–Trinajstić information content (AvgIpc) is 3.26. The fourth-order valence-electron chi connectivity index (χ4n) is 4.19. The SMILES string of the molecule is Cc1cccn2cc(-c3ccc(NC(=O)C4CCN(c5ccc(Cl)cn5)CC4)cc3)nc12. The molecule has 7 heteroatoms. The van der Waals surface area contributed by atoms with E-state index in [9.17, 15) is 4.79 Å². The van der Waals surface area contributed by atoms with Crippen LogP contribution >= 0.6 is 11.6 Å². The third-order valence-electron chi connectivity index (χ3n) is 6.03. The van der Waals surface area contributed by atoms with Crippen LogP contribution in [0.2, 0.25) is 5.02 Å². The number of benzene rings is 1. The molecule has 0 bridgehead atoms. The lowest BCUT2D eigenvalue weighted by Gasteiger charge is -2.32. The van der Waals surface area contributed by atoms with Crippen molar-refractivity contribution in [2.45, 2.75) is 19.8 Å². The van der Waals surface area contributed by atoms with E-state index >= 15 is 0 Å². The predicted molar refractivity (Wildman–Crippen MR) is 128 cm³/mol. The van der Waals surface area contributed by atoms with E-state index in [1.165, 1.54) is 0 Å². The molecule has 0 atom stereocenters. The van der Waals surface area contributed by atoms with Crippen molar-refractivity contribution in [3.63, 3.8) is 0 Å². The van der Waals surface area contributed by atoms with Crippen molar-refractivity contribution in [1.82, 2.24) is 14.4 Å². The number of carbonyl (C=O) groups excluding carboxylic acids is 1. The highest BCUT2D eigenvalue weighted by molar-refractivity contribution is 6.30. The zero-order valence-electron chi connectivity index (χ0n) is 17.8. The van der Waals surface area contributed by atoms with Gasteiger partial charge in [0, 0.05) is 48.8 Å². The second kappa shape index (κ2) is 8.63. The highest BCUT2D eigenvalue weighted by Crippen LogP contribution is 2.25. The van der Waals surface area contributed by atoms with Gasteiger partial charge in [0.25, 0.3) is 0 Å². The van der Waals surface area contributed by atoms with Crippen molar-refractivity contribution < 1.29 is 4.79 Å². The van der Waals surface area contributed by atoms with Gasteiger partial charge < -0.3 is 14.6 Å². The summed E-state index contributed by atoms with van der Waals surface area (Å²) in [5, 5.41) is 3.70. The first kappa shape index (κ1) is 20.5. The summed E-state index contributed by atoms with van der Waals surface area (Å²) in [6.45, 7) is 3.67. The molecule has 1 fully saturated rings. The van der Waals surface area contributed by atoms with Crippen LogP contribution in [0.25, 0.3) is 16.9 Å². The molecule has 0 saturated carbocycles. The molecule has 0 radical (unpaired) electrons. The van der Waals surface area contributed by atoms with E-state index < -0.39 is 0 Å². The molecule has 1 saturated heterocycles. The van der Waals surface area contributed by atoms with Gasteiger partial charge >= 0.3 is 0 Å². The molecule has 4 heterocycles. The number of aromatic nitrogens is 3. The Morgan fingerprint density at radius 1 is 1.09 bits per heavy atom. The van der Waals surface area contributed by atoms with E-state index in [1.807, 2.05) is 59.3 Å². The number of rotatable bonds is 4. The van der Waals surface area contributed by atoms with Gasteiger partial charge in [-0.1, -0.05) is 29.8 Å². The average molecular weight is 446 g/mol. The summed E-state index contributed by atoms with van der Waals surface area (Å²) in [5.41, 5.74) is 4.84. The van der Waals surface area contributed by atoms with E-state index in [0.717, 1.165) is 59.9 Å². The maximum Gasteiger partial charge on any atom is 0.227 e. The number of hydrogen-bond acceptors (Lipinski definition) is 4. The summed E-state index contributed by atoms with van der Waals surface area (Å²) < 4.78 is 2.03. The van der Waals surface area contributed by atoms with Gasteiger partial charge in [-0.3, -0.25) is 4.79 Å². The van der Waals surface area contributed by atoms with E-state index in [1.54, 1.807) is 6.20 Å². The fraction of sp³-hybridized carbons (Fsp3) is 0.240. The minimum atomic E-state index is -0.000332. The van der Waals surface area contributed by atoms with Crippen molar-refractivity contribution >= 4 is 34.7 Å². The first-order valence-electron chi connectivity index (χ1n) is 10.8. The molecule has 1 aliphatic rings. The minimum absolute atomic E-state index is 0.000332. The molecule has 0 aliphatic carbocycles. The van der Waals surface area contributed by atoms with Crippen LogP contribution < -0.4 is 10.2 Å². The molecule has 0 unspecified atom stereocenters. The summed E-state index contributed by atoms with van der Waals surface area (Å²) in [5.74, 6) is 0.982. The van der Waals surface area contributed by atoms with E-state index in [0.29, 0.717) is 5.02 Å². The number of imidazole rings is 1. The van der Waals surface area contributed by atoms with Crippen molar-refractivity contribution in [1.29, 1.82) is 0 Å². The minimum Gasteiger partial charge on any atom is -0.357 e. The standard InChI is InChI=1S/C25H24ClN5O/c1-17-3-2-12-31-16-22(29-24(17)31)18-4-7-21(8-5-18)28-25(32)19-10-13-30(14-11-19)23-9-6-20(26)15-27-23/h2-9,12,15-16,19H,10-11,13-14H2,1H3,(H,28,32). The van der Waals surface area contributed by atoms with Gasteiger partial charge in [0.15, 0.2) is 0 Å². The highest BCUT2D eigenvalue weighted by Gasteiger charge is 2.25. The third-order valence-corrected chi connectivity index (χ3v) is 6.25. The van der Waals surface area contributed by atoms with E-state index in [2.05, 4.69) is 28.2 Å². The number of pyridine rings is 2. The Hall–Kier alpha value is -3.38. The summed E-state index contributed by atoms with van der Waals surface area (Å²) in [6.07, 6.45) is 7.29. The number of amides is 1. The van der Waals surface area contributed by atoms with Gasteiger partial charge in [-0.25, -0.2) is 9.97 Å². The maximum atomic E-state index is 12.8. The molecule has 5 rings (SSSR count). The molecule has 3 aromatic heterocycles. The van der Waals surface area contributed by atoms with Crippen LogP contribution in [0, 0.1) is 12.8 Å². The fourth-order valence-corrected chi connectivity index (χ4v) is 4.30. The summed E-state index contributed by atoms with van der Waals surface area (Å²) in [4.78, 5) is 24.1. The number of nitrogens with one attached hydrogen (secondary N) is 1. The molecular weight excluding hydrogens is 422 g/mol.